The second kappa shape index (κ2) is 9.16. The molecular weight excluding hydrogens is 378 g/mol. The van der Waals surface area contributed by atoms with E-state index in [1.165, 1.54) is 24.3 Å². The minimum atomic E-state index is -4.48. The first-order chi connectivity index (χ1) is 13.1. The maximum atomic E-state index is 14.0. The molecule has 0 radical (unpaired) electrons. The zero-order valence-corrected chi connectivity index (χ0v) is 15.4. The lowest BCUT2D eigenvalue weighted by Gasteiger charge is -2.18. The van der Waals surface area contributed by atoms with E-state index in [9.17, 15) is 27.5 Å². The summed E-state index contributed by atoms with van der Waals surface area (Å²) in [6.07, 6.45) is -5.20. The average molecular weight is 399 g/mol. The number of carbonyl (C=O) groups excluding carboxylic acids is 1. The van der Waals surface area contributed by atoms with E-state index in [0.717, 1.165) is 19.2 Å². The lowest BCUT2D eigenvalue weighted by atomic mass is 10.0. The summed E-state index contributed by atoms with van der Waals surface area (Å²) in [5, 5.41) is 13.2. The third-order valence-electron chi connectivity index (χ3n) is 4.24. The van der Waals surface area contributed by atoms with Gasteiger partial charge in [0.15, 0.2) is 0 Å². The highest BCUT2D eigenvalue weighted by molar-refractivity contribution is 5.89. The van der Waals surface area contributed by atoms with E-state index in [0.29, 0.717) is 12.0 Å². The molecule has 0 amide bonds. The van der Waals surface area contributed by atoms with E-state index in [-0.39, 0.29) is 23.7 Å². The van der Waals surface area contributed by atoms with E-state index in [4.69, 9.17) is 0 Å². The molecule has 0 spiro atoms. The van der Waals surface area contributed by atoms with Gasteiger partial charge in [0, 0.05) is 12.6 Å². The van der Waals surface area contributed by atoms with E-state index in [1.807, 2.05) is 0 Å². The number of benzene rings is 2. The topological polar surface area (TPSA) is 58.6 Å². The molecule has 0 aliphatic carbocycles. The Morgan fingerprint density at radius 3 is 2.54 bits per heavy atom. The molecule has 0 saturated carbocycles. The first-order valence-electron chi connectivity index (χ1n) is 8.57. The predicted octanol–water partition coefficient (Wildman–Crippen LogP) is 3.89. The zero-order valence-electron chi connectivity index (χ0n) is 15.4. The van der Waals surface area contributed by atoms with Crippen LogP contribution in [0.15, 0.2) is 42.5 Å². The van der Waals surface area contributed by atoms with Crippen LogP contribution in [0.25, 0.3) is 0 Å². The van der Waals surface area contributed by atoms with Crippen molar-refractivity contribution in [3.63, 3.8) is 0 Å². The summed E-state index contributed by atoms with van der Waals surface area (Å²) >= 11 is 0. The van der Waals surface area contributed by atoms with Gasteiger partial charge in [0.1, 0.15) is 5.82 Å². The smallest absolute Gasteiger partial charge is 0.416 e. The Kier molecular flexibility index (Phi) is 7.15. The Balaban J connectivity index is 1.94. The molecule has 0 aliphatic rings. The SMILES string of the molecule is COC(=O)c1ccc(CC(C)NCC(O)c2cccc(C(F)(F)F)c2)cc1F. The number of carbonyl (C=O) groups is 1. The largest absolute Gasteiger partial charge is 0.465 e. The van der Waals surface area contributed by atoms with Crippen LogP contribution in [-0.2, 0) is 17.3 Å². The van der Waals surface area contributed by atoms with Gasteiger partial charge < -0.3 is 15.2 Å². The van der Waals surface area contributed by atoms with Gasteiger partial charge in [0.25, 0.3) is 0 Å². The van der Waals surface area contributed by atoms with E-state index in [2.05, 4.69) is 10.1 Å². The van der Waals surface area contributed by atoms with Crippen LogP contribution in [0.5, 0.6) is 0 Å². The monoisotopic (exact) mass is 399 g/mol. The normalized spacial score (nSPS) is 13.8. The summed E-state index contributed by atoms with van der Waals surface area (Å²) < 4.78 is 56.7. The summed E-state index contributed by atoms with van der Waals surface area (Å²) in [5.41, 5.74) is -0.202. The number of alkyl halides is 3. The molecule has 2 aromatic rings. The number of esters is 1. The van der Waals surface area contributed by atoms with Crippen LogP contribution in [0.2, 0.25) is 0 Å². The maximum Gasteiger partial charge on any atom is 0.416 e. The molecule has 0 fully saturated rings. The molecule has 0 saturated heterocycles. The molecule has 2 N–H and O–H groups in total. The Hall–Kier alpha value is -2.45. The Labute approximate surface area is 160 Å². The van der Waals surface area contributed by atoms with Gasteiger partial charge in [-0.2, -0.15) is 13.2 Å². The number of hydrogen-bond acceptors (Lipinski definition) is 4. The van der Waals surface area contributed by atoms with Crippen molar-refractivity contribution in [1.29, 1.82) is 0 Å². The van der Waals surface area contributed by atoms with Crippen LogP contribution >= 0.6 is 0 Å². The molecule has 2 atom stereocenters. The standard InChI is InChI=1S/C20H21F4NO3/c1-12(8-13-6-7-16(17(21)9-13)19(27)28-2)25-11-18(26)14-4-3-5-15(10-14)20(22,23)24/h3-7,9-10,12,18,25-26H,8,11H2,1-2H3. The van der Waals surface area contributed by atoms with Crippen molar-refractivity contribution in [3.05, 3.63) is 70.5 Å². The van der Waals surface area contributed by atoms with Gasteiger partial charge in [-0.25, -0.2) is 9.18 Å². The molecule has 0 aromatic heterocycles. The molecule has 152 valence electrons. The molecule has 2 aromatic carbocycles. The van der Waals surface area contributed by atoms with Crippen LogP contribution in [0.4, 0.5) is 17.6 Å². The van der Waals surface area contributed by atoms with Gasteiger partial charge in [0.2, 0.25) is 0 Å². The van der Waals surface area contributed by atoms with Crippen LogP contribution < -0.4 is 5.32 Å². The lowest BCUT2D eigenvalue weighted by Crippen LogP contribution is -2.32. The van der Waals surface area contributed by atoms with Crippen molar-refractivity contribution in [2.75, 3.05) is 13.7 Å². The van der Waals surface area contributed by atoms with Gasteiger partial charge >= 0.3 is 12.1 Å². The van der Waals surface area contributed by atoms with Gasteiger partial charge in [0.05, 0.1) is 24.3 Å². The van der Waals surface area contributed by atoms with Gasteiger partial charge in [-0.3, -0.25) is 0 Å². The van der Waals surface area contributed by atoms with E-state index < -0.39 is 29.6 Å². The maximum absolute atomic E-state index is 14.0. The summed E-state index contributed by atoms with van der Waals surface area (Å²) in [5.74, 6) is -1.46. The van der Waals surface area contributed by atoms with Crippen molar-refractivity contribution in [2.45, 2.75) is 31.7 Å². The minimum Gasteiger partial charge on any atom is -0.465 e. The Morgan fingerprint density at radius 2 is 1.93 bits per heavy atom. The number of methoxy groups -OCH3 is 1. The quantitative estimate of drug-likeness (QED) is 0.548. The van der Waals surface area contributed by atoms with Gasteiger partial charge in [-0.1, -0.05) is 18.2 Å². The first-order valence-corrected chi connectivity index (χ1v) is 8.57. The van der Waals surface area contributed by atoms with Crippen LogP contribution in [0.3, 0.4) is 0 Å². The summed E-state index contributed by atoms with van der Waals surface area (Å²) in [4.78, 5) is 11.4. The molecule has 2 rings (SSSR count). The fraction of sp³-hybridized carbons (Fsp3) is 0.350. The van der Waals surface area contributed by atoms with Crippen molar-refractivity contribution >= 4 is 5.97 Å². The number of rotatable bonds is 7. The molecule has 28 heavy (non-hydrogen) atoms. The van der Waals surface area contributed by atoms with Gasteiger partial charge in [-0.15, -0.1) is 0 Å². The second-order valence-electron chi connectivity index (χ2n) is 6.46. The van der Waals surface area contributed by atoms with Crippen molar-refractivity contribution in [1.82, 2.24) is 5.32 Å². The second-order valence-corrected chi connectivity index (χ2v) is 6.46. The molecular formula is C20H21F4NO3. The third-order valence-corrected chi connectivity index (χ3v) is 4.24. The number of hydrogen-bond donors (Lipinski definition) is 2. The molecule has 2 unspecified atom stereocenters. The predicted molar refractivity (Wildman–Crippen MR) is 95.3 cm³/mol. The Morgan fingerprint density at radius 1 is 1.21 bits per heavy atom. The number of nitrogens with one attached hydrogen (secondary N) is 1. The molecule has 8 heteroatoms. The summed E-state index contributed by atoms with van der Waals surface area (Å²) in [7, 11) is 1.16. The van der Waals surface area contributed by atoms with Crippen LogP contribution in [-0.4, -0.2) is 30.8 Å². The molecule has 4 nitrogen and oxygen atoms in total. The fourth-order valence-corrected chi connectivity index (χ4v) is 2.74. The zero-order chi connectivity index (χ0) is 20.9. The third kappa shape index (κ3) is 5.77. The van der Waals surface area contributed by atoms with E-state index in [1.54, 1.807) is 13.0 Å². The van der Waals surface area contributed by atoms with Crippen molar-refractivity contribution < 1.29 is 32.2 Å². The number of halogens is 4. The van der Waals surface area contributed by atoms with Crippen LogP contribution in [0, 0.1) is 5.82 Å². The average Bonchev–Trinajstić information content (AvgIpc) is 2.65. The number of aliphatic hydroxyl groups is 1. The summed E-state index contributed by atoms with van der Waals surface area (Å²) in [6.45, 7) is 1.83. The number of aliphatic hydroxyl groups excluding tert-OH is 1. The van der Waals surface area contributed by atoms with Gasteiger partial charge in [-0.05, 0) is 48.7 Å². The highest BCUT2D eigenvalue weighted by Gasteiger charge is 2.30. The van der Waals surface area contributed by atoms with Crippen LogP contribution in [0.1, 0.15) is 40.1 Å². The molecule has 0 aliphatic heterocycles. The Bertz CT molecular complexity index is 823. The highest BCUT2D eigenvalue weighted by atomic mass is 19.4. The van der Waals surface area contributed by atoms with Crippen molar-refractivity contribution in [2.24, 2.45) is 0 Å². The summed E-state index contributed by atoms with van der Waals surface area (Å²) in [6, 6.07) is 8.50. The lowest BCUT2D eigenvalue weighted by molar-refractivity contribution is -0.137. The highest BCUT2D eigenvalue weighted by Crippen LogP contribution is 2.30. The van der Waals surface area contributed by atoms with E-state index >= 15 is 0 Å². The fourth-order valence-electron chi connectivity index (χ4n) is 2.74. The minimum absolute atomic E-state index is 0.0329. The van der Waals surface area contributed by atoms with Crippen molar-refractivity contribution in [3.8, 4) is 0 Å². The molecule has 0 bridgehead atoms. The molecule has 0 heterocycles. The first kappa shape index (κ1) is 21.8. The number of ether oxygens (including phenoxy) is 1.